The van der Waals surface area contributed by atoms with Gasteiger partial charge in [0.15, 0.2) is 0 Å². The third-order valence-electron chi connectivity index (χ3n) is 1.80. The lowest BCUT2D eigenvalue weighted by atomic mass is 10.1. The molecule has 0 unspecified atom stereocenters. The summed E-state index contributed by atoms with van der Waals surface area (Å²) >= 11 is 5.53. The van der Waals surface area contributed by atoms with Crippen LogP contribution in [0.3, 0.4) is 0 Å². The Morgan fingerprint density at radius 2 is 2.00 bits per heavy atom. The SMILES string of the molecule is CC1(CCCl)CC1.N. The second kappa shape index (κ2) is 2.70. The number of hydrogen-bond donors (Lipinski definition) is 1. The Bertz CT molecular complexity index is 68.9. The van der Waals surface area contributed by atoms with E-state index in [-0.39, 0.29) is 6.15 Å². The summed E-state index contributed by atoms with van der Waals surface area (Å²) in [5, 5.41) is 0. The molecule has 0 amide bonds. The Morgan fingerprint density at radius 3 is 2.12 bits per heavy atom. The lowest BCUT2D eigenvalue weighted by Crippen LogP contribution is -1.91. The molecule has 0 aromatic heterocycles. The summed E-state index contributed by atoms with van der Waals surface area (Å²) in [5.74, 6) is 0.844. The van der Waals surface area contributed by atoms with E-state index in [2.05, 4.69) is 6.92 Å². The van der Waals surface area contributed by atoms with Crippen LogP contribution >= 0.6 is 11.6 Å². The van der Waals surface area contributed by atoms with Gasteiger partial charge in [-0.25, -0.2) is 0 Å². The molecule has 8 heavy (non-hydrogen) atoms. The average Bonchev–Trinajstić information content (AvgIpc) is 2.22. The molecule has 0 atom stereocenters. The zero-order chi connectivity index (χ0) is 5.33. The standard InChI is InChI=1S/C6H11Cl.H3N/c1-6(2-3-6)4-5-7;/h2-5H2,1H3;1H3. The van der Waals surface area contributed by atoms with Gasteiger partial charge in [0.1, 0.15) is 0 Å². The summed E-state index contributed by atoms with van der Waals surface area (Å²) in [5.41, 5.74) is 0.668. The molecule has 1 aliphatic carbocycles. The molecule has 1 saturated carbocycles. The van der Waals surface area contributed by atoms with Crippen LogP contribution in [-0.2, 0) is 0 Å². The maximum Gasteiger partial charge on any atom is 0.0228 e. The highest BCUT2D eigenvalue weighted by atomic mass is 35.5. The molecule has 1 aliphatic rings. The molecule has 0 aromatic rings. The van der Waals surface area contributed by atoms with Crippen LogP contribution in [0, 0.1) is 5.41 Å². The quantitative estimate of drug-likeness (QED) is 0.581. The maximum absolute atomic E-state index is 5.53. The number of halogens is 1. The van der Waals surface area contributed by atoms with Crippen molar-refractivity contribution >= 4 is 11.6 Å². The van der Waals surface area contributed by atoms with Crippen molar-refractivity contribution in [2.75, 3.05) is 5.88 Å². The van der Waals surface area contributed by atoms with Gasteiger partial charge in [0.25, 0.3) is 0 Å². The van der Waals surface area contributed by atoms with E-state index in [1.165, 1.54) is 19.3 Å². The van der Waals surface area contributed by atoms with Crippen molar-refractivity contribution in [2.24, 2.45) is 5.41 Å². The lowest BCUT2D eigenvalue weighted by Gasteiger charge is -2.00. The second-order valence-corrected chi connectivity index (χ2v) is 3.13. The minimum atomic E-state index is 0. The van der Waals surface area contributed by atoms with Crippen molar-refractivity contribution in [3.63, 3.8) is 0 Å². The van der Waals surface area contributed by atoms with Crippen LogP contribution in [0.2, 0.25) is 0 Å². The number of alkyl halides is 1. The van der Waals surface area contributed by atoms with Crippen LogP contribution < -0.4 is 6.15 Å². The maximum atomic E-state index is 5.53. The smallest absolute Gasteiger partial charge is 0.0228 e. The summed E-state index contributed by atoms with van der Waals surface area (Å²) in [7, 11) is 0. The van der Waals surface area contributed by atoms with E-state index in [0.717, 1.165) is 5.88 Å². The summed E-state index contributed by atoms with van der Waals surface area (Å²) in [6.07, 6.45) is 4.02. The van der Waals surface area contributed by atoms with Gasteiger partial charge in [-0.1, -0.05) is 6.92 Å². The summed E-state index contributed by atoms with van der Waals surface area (Å²) in [6.45, 7) is 2.30. The molecule has 0 spiro atoms. The molecule has 2 heteroatoms. The van der Waals surface area contributed by atoms with Gasteiger partial charge < -0.3 is 6.15 Å². The first kappa shape index (κ1) is 8.25. The van der Waals surface area contributed by atoms with Crippen LogP contribution in [0.15, 0.2) is 0 Å². The van der Waals surface area contributed by atoms with Gasteiger partial charge in [0.2, 0.25) is 0 Å². The highest BCUT2D eigenvalue weighted by Crippen LogP contribution is 2.48. The van der Waals surface area contributed by atoms with Gasteiger partial charge >= 0.3 is 0 Å². The highest BCUT2D eigenvalue weighted by Gasteiger charge is 2.35. The number of rotatable bonds is 2. The fourth-order valence-corrected chi connectivity index (χ4v) is 1.15. The largest absolute Gasteiger partial charge is 0.344 e. The van der Waals surface area contributed by atoms with Crippen molar-refractivity contribution in [1.29, 1.82) is 0 Å². The minimum absolute atomic E-state index is 0. The van der Waals surface area contributed by atoms with Crippen molar-refractivity contribution in [1.82, 2.24) is 6.15 Å². The Kier molecular flexibility index (Phi) is 2.78. The predicted octanol–water partition coefficient (Wildman–Crippen LogP) is 2.58. The van der Waals surface area contributed by atoms with Crippen molar-refractivity contribution < 1.29 is 0 Å². The summed E-state index contributed by atoms with van der Waals surface area (Å²) < 4.78 is 0. The Labute approximate surface area is 56.0 Å². The monoisotopic (exact) mass is 135 g/mol. The van der Waals surface area contributed by atoms with Gasteiger partial charge in [-0.3, -0.25) is 0 Å². The average molecular weight is 136 g/mol. The van der Waals surface area contributed by atoms with Crippen molar-refractivity contribution in [2.45, 2.75) is 26.2 Å². The molecular weight excluding hydrogens is 122 g/mol. The predicted molar refractivity (Wildman–Crippen MR) is 37.7 cm³/mol. The second-order valence-electron chi connectivity index (χ2n) is 2.75. The van der Waals surface area contributed by atoms with Gasteiger partial charge in [-0.2, -0.15) is 0 Å². The normalized spacial score (nSPS) is 21.8. The molecule has 0 aromatic carbocycles. The minimum Gasteiger partial charge on any atom is -0.344 e. The van der Waals surface area contributed by atoms with Crippen LogP contribution in [0.1, 0.15) is 26.2 Å². The summed E-state index contributed by atoms with van der Waals surface area (Å²) in [6, 6.07) is 0. The molecule has 0 radical (unpaired) electrons. The van der Waals surface area contributed by atoms with Gasteiger partial charge in [-0.15, -0.1) is 11.6 Å². The highest BCUT2D eigenvalue weighted by molar-refractivity contribution is 6.17. The van der Waals surface area contributed by atoms with Crippen molar-refractivity contribution in [3.8, 4) is 0 Å². The molecule has 0 aliphatic heterocycles. The van der Waals surface area contributed by atoms with Crippen LogP contribution in [0.5, 0.6) is 0 Å². The fourth-order valence-electron chi connectivity index (χ4n) is 0.692. The lowest BCUT2D eigenvalue weighted by molar-refractivity contribution is 0.555. The molecule has 0 saturated heterocycles. The molecule has 50 valence electrons. The van der Waals surface area contributed by atoms with Gasteiger partial charge in [0.05, 0.1) is 0 Å². The number of hydrogen-bond acceptors (Lipinski definition) is 1. The molecule has 1 rings (SSSR count). The molecule has 1 nitrogen and oxygen atoms in total. The Morgan fingerprint density at radius 1 is 1.50 bits per heavy atom. The van der Waals surface area contributed by atoms with E-state index in [0.29, 0.717) is 5.41 Å². The molecule has 0 heterocycles. The molecular formula is C6H14ClN. The topological polar surface area (TPSA) is 35.0 Å². The van der Waals surface area contributed by atoms with E-state index in [4.69, 9.17) is 11.6 Å². The molecule has 1 fully saturated rings. The van der Waals surface area contributed by atoms with Crippen LogP contribution in [0.4, 0.5) is 0 Å². The summed E-state index contributed by atoms with van der Waals surface area (Å²) in [4.78, 5) is 0. The molecule has 3 N–H and O–H groups in total. The first-order valence-corrected chi connectivity index (χ1v) is 3.36. The van der Waals surface area contributed by atoms with E-state index in [9.17, 15) is 0 Å². The molecule has 0 bridgehead atoms. The van der Waals surface area contributed by atoms with E-state index >= 15 is 0 Å². The first-order chi connectivity index (χ1) is 3.27. The zero-order valence-corrected chi connectivity index (χ0v) is 6.17. The first-order valence-electron chi connectivity index (χ1n) is 2.83. The fraction of sp³-hybridized carbons (Fsp3) is 1.00. The van der Waals surface area contributed by atoms with E-state index < -0.39 is 0 Å². The Balaban J connectivity index is 0.000000490. The Hall–Kier alpha value is 0.250. The van der Waals surface area contributed by atoms with E-state index in [1.54, 1.807) is 0 Å². The van der Waals surface area contributed by atoms with Gasteiger partial charge in [-0.05, 0) is 24.7 Å². The van der Waals surface area contributed by atoms with Crippen LogP contribution in [-0.4, -0.2) is 5.88 Å². The van der Waals surface area contributed by atoms with Crippen molar-refractivity contribution in [3.05, 3.63) is 0 Å². The van der Waals surface area contributed by atoms with Gasteiger partial charge in [0, 0.05) is 5.88 Å². The third-order valence-corrected chi connectivity index (χ3v) is 1.99. The third kappa shape index (κ3) is 2.01. The van der Waals surface area contributed by atoms with E-state index in [1.807, 2.05) is 0 Å². The van der Waals surface area contributed by atoms with Crippen LogP contribution in [0.25, 0.3) is 0 Å². The zero-order valence-electron chi connectivity index (χ0n) is 5.41.